The van der Waals surface area contributed by atoms with Crippen molar-refractivity contribution in [3.8, 4) is 0 Å². The van der Waals surface area contributed by atoms with E-state index >= 15 is 0 Å². The molecule has 1 aliphatic carbocycles. The fraction of sp³-hybridized carbons (Fsp3) is 0.538. The fourth-order valence-electron chi connectivity index (χ4n) is 2.25. The van der Waals surface area contributed by atoms with Crippen LogP contribution in [0.2, 0.25) is 0 Å². The third-order valence-corrected chi connectivity index (χ3v) is 5.94. The number of alkyl halides is 1. The highest BCUT2D eigenvalue weighted by molar-refractivity contribution is 14.1. The molecule has 0 unspecified atom stereocenters. The molecule has 1 fully saturated rings. The fourth-order valence-corrected chi connectivity index (χ4v) is 3.88. The summed E-state index contributed by atoms with van der Waals surface area (Å²) in [7, 11) is 0. The largest absolute Gasteiger partial charge is 0.396 e. The summed E-state index contributed by atoms with van der Waals surface area (Å²) in [5.41, 5.74) is 1.60. The first-order valence-electron chi connectivity index (χ1n) is 5.47. The lowest BCUT2D eigenvalue weighted by molar-refractivity contribution is 0.211. The zero-order valence-electron chi connectivity index (χ0n) is 8.99. The van der Waals surface area contributed by atoms with E-state index in [-0.39, 0.29) is 5.41 Å². The standard InChI is InChI=1S/C13H17IO/c1-13(9-15)11(12(13)14)8-7-10-5-3-2-4-6-10/h2-6,11-12,15H,7-9H2,1H3/t11-,12+,13+/m0/s1. The third kappa shape index (κ3) is 2.21. The van der Waals surface area contributed by atoms with Crippen molar-refractivity contribution in [2.24, 2.45) is 11.3 Å². The van der Waals surface area contributed by atoms with Gasteiger partial charge >= 0.3 is 0 Å². The van der Waals surface area contributed by atoms with E-state index in [1.54, 1.807) is 0 Å². The van der Waals surface area contributed by atoms with Gasteiger partial charge in [-0.1, -0.05) is 59.8 Å². The van der Waals surface area contributed by atoms with Crippen LogP contribution < -0.4 is 0 Å². The van der Waals surface area contributed by atoms with Crippen LogP contribution in [-0.4, -0.2) is 15.6 Å². The summed E-state index contributed by atoms with van der Waals surface area (Å²) >= 11 is 2.48. The molecule has 1 nitrogen and oxygen atoms in total. The van der Waals surface area contributed by atoms with Crippen LogP contribution in [-0.2, 0) is 6.42 Å². The minimum absolute atomic E-state index is 0.190. The quantitative estimate of drug-likeness (QED) is 0.669. The topological polar surface area (TPSA) is 20.2 Å². The number of hydrogen-bond donors (Lipinski definition) is 1. The van der Waals surface area contributed by atoms with Crippen LogP contribution >= 0.6 is 22.6 Å². The first-order valence-corrected chi connectivity index (χ1v) is 6.72. The van der Waals surface area contributed by atoms with Gasteiger partial charge in [-0.2, -0.15) is 0 Å². The number of aryl methyl sites for hydroxylation is 1. The minimum Gasteiger partial charge on any atom is -0.396 e. The molecule has 1 saturated carbocycles. The van der Waals surface area contributed by atoms with Gasteiger partial charge in [0.25, 0.3) is 0 Å². The van der Waals surface area contributed by atoms with E-state index in [4.69, 9.17) is 0 Å². The van der Waals surface area contributed by atoms with Gasteiger partial charge in [-0.05, 0) is 24.3 Å². The van der Waals surface area contributed by atoms with Crippen LogP contribution in [0.1, 0.15) is 18.9 Å². The number of aliphatic hydroxyl groups excluding tert-OH is 1. The second kappa shape index (κ2) is 4.42. The van der Waals surface area contributed by atoms with Crippen molar-refractivity contribution in [3.05, 3.63) is 35.9 Å². The van der Waals surface area contributed by atoms with E-state index in [0.29, 0.717) is 16.4 Å². The molecule has 0 amide bonds. The Labute approximate surface area is 105 Å². The van der Waals surface area contributed by atoms with Crippen LogP contribution in [0.4, 0.5) is 0 Å². The predicted molar refractivity (Wildman–Crippen MR) is 71.3 cm³/mol. The monoisotopic (exact) mass is 316 g/mol. The van der Waals surface area contributed by atoms with E-state index in [1.807, 2.05) is 0 Å². The molecule has 15 heavy (non-hydrogen) atoms. The summed E-state index contributed by atoms with van der Waals surface area (Å²) in [6.45, 7) is 2.53. The smallest absolute Gasteiger partial charge is 0.0497 e. The van der Waals surface area contributed by atoms with Crippen LogP contribution in [0.3, 0.4) is 0 Å². The highest BCUT2D eigenvalue weighted by Crippen LogP contribution is 2.59. The molecule has 0 aromatic heterocycles. The normalized spacial score (nSPS) is 34.1. The Bertz CT molecular complexity index is 325. The van der Waals surface area contributed by atoms with Crippen molar-refractivity contribution in [2.45, 2.75) is 23.7 Å². The molecule has 1 aromatic rings. The van der Waals surface area contributed by atoms with Crippen molar-refractivity contribution in [2.75, 3.05) is 6.61 Å². The van der Waals surface area contributed by atoms with E-state index in [0.717, 1.165) is 6.42 Å². The minimum atomic E-state index is 0.190. The molecule has 0 radical (unpaired) electrons. The summed E-state index contributed by atoms with van der Waals surface area (Å²) in [6, 6.07) is 10.6. The Morgan fingerprint density at radius 3 is 2.53 bits per heavy atom. The van der Waals surface area contributed by atoms with Gasteiger partial charge in [0.2, 0.25) is 0 Å². The SMILES string of the molecule is C[C@]1(CO)[C@H](I)[C@@H]1CCc1ccccc1. The van der Waals surface area contributed by atoms with Gasteiger partial charge in [-0.15, -0.1) is 0 Å². The van der Waals surface area contributed by atoms with Crippen molar-refractivity contribution in [1.29, 1.82) is 0 Å². The molecule has 0 aliphatic heterocycles. The Balaban J connectivity index is 1.86. The lowest BCUT2D eigenvalue weighted by atomic mass is 10.0. The van der Waals surface area contributed by atoms with Gasteiger partial charge in [0.1, 0.15) is 0 Å². The van der Waals surface area contributed by atoms with Gasteiger partial charge in [-0.3, -0.25) is 0 Å². The summed E-state index contributed by atoms with van der Waals surface area (Å²) in [6.07, 6.45) is 2.34. The molecular formula is C13H17IO. The van der Waals surface area contributed by atoms with Crippen LogP contribution in [0.15, 0.2) is 30.3 Å². The Kier molecular flexibility index (Phi) is 3.36. The Morgan fingerprint density at radius 2 is 2.00 bits per heavy atom. The van der Waals surface area contributed by atoms with Gasteiger partial charge in [0.15, 0.2) is 0 Å². The van der Waals surface area contributed by atoms with Crippen molar-refractivity contribution in [3.63, 3.8) is 0 Å². The molecular weight excluding hydrogens is 299 g/mol. The molecule has 1 aliphatic rings. The molecule has 82 valence electrons. The summed E-state index contributed by atoms with van der Waals surface area (Å²) < 4.78 is 0.656. The molecule has 1 aromatic carbocycles. The highest BCUT2D eigenvalue weighted by Gasteiger charge is 2.58. The summed E-state index contributed by atoms with van der Waals surface area (Å²) in [4.78, 5) is 0. The van der Waals surface area contributed by atoms with Crippen LogP contribution in [0.25, 0.3) is 0 Å². The zero-order valence-corrected chi connectivity index (χ0v) is 11.1. The predicted octanol–water partition coefficient (Wildman–Crippen LogP) is 3.05. The molecule has 0 spiro atoms. The molecule has 1 N–H and O–H groups in total. The van der Waals surface area contributed by atoms with E-state index in [2.05, 4.69) is 59.8 Å². The first-order chi connectivity index (χ1) is 7.18. The number of aliphatic hydroxyl groups is 1. The van der Waals surface area contributed by atoms with E-state index in [1.165, 1.54) is 12.0 Å². The lowest BCUT2D eigenvalue weighted by Crippen LogP contribution is -2.06. The van der Waals surface area contributed by atoms with Crippen LogP contribution in [0.5, 0.6) is 0 Å². The molecule has 2 rings (SSSR count). The van der Waals surface area contributed by atoms with Gasteiger partial charge in [0.05, 0.1) is 0 Å². The molecule has 3 atom stereocenters. The maximum absolute atomic E-state index is 9.30. The maximum Gasteiger partial charge on any atom is 0.0497 e. The van der Waals surface area contributed by atoms with Gasteiger partial charge in [0, 0.05) is 15.9 Å². The highest BCUT2D eigenvalue weighted by atomic mass is 127. The Hall–Kier alpha value is -0.0900. The number of benzene rings is 1. The van der Waals surface area contributed by atoms with E-state index in [9.17, 15) is 5.11 Å². The second-order valence-electron chi connectivity index (χ2n) is 4.70. The average Bonchev–Trinajstić information content (AvgIpc) is 2.81. The maximum atomic E-state index is 9.30. The van der Waals surface area contributed by atoms with Crippen molar-refractivity contribution in [1.82, 2.24) is 0 Å². The van der Waals surface area contributed by atoms with Crippen molar-refractivity contribution >= 4 is 22.6 Å². The van der Waals surface area contributed by atoms with Gasteiger partial charge < -0.3 is 5.11 Å². The van der Waals surface area contributed by atoms with Gasteiger partial charge in [-0.25, -0.2) is 0 Å². The molecule has 0 heterocycles. The lowest BCUT2D eigenvalue weighted by Gasteiger charge is -2.05. The zero-order chi connectivity index (χ0) is 10.9. The van der Waals surface area contributed by atoms with Crippen molar-refractivity contribution < 1.29 is 5.11 Å². The number of hydrogen-bond acceptors (Lipinski definition) is 1. The number of rotatable bonds is 4. The van der Waals surface area contributed by atoms with Crippen LogP contribution in [0, 0.1) is 11.3 Å². The Morgan fingerprint density at radius 1 is 1.33 bits per heavy atom. The third-order valence-electron chi connectivity index (χ3n) is 3.65. The summed E-state index contributed by atoms with van der Waals surface area (Å²) in [5.74, 6) is 0.698. The summed E-state index contributed by atoms with van der Waals surface area (Å²) in [5, 5.41) is 9.30. The average molecular weight is 316 g/mol. The molecule has 0 saturated heterocycles. The second-order valence-corrected chi connectivity index (χ2v) is 6.04. The molecule has 2 heteroatoms. The number of halogens is 1. The molecule has 0 bridgehead atoms. The van der Waals surface area contributed by atoms with E-state index < -0.39 is 0 Å². The first kappa shape index (κ1) is 11.4.